The molecular formula is C12H16FN3. The van der Waals surface area contributed by atoms with Crippen LogP contribution in [0.1, 0.15) is 12.5 Å². The van der Waals surface area contributed by atoms with Crippen LogP contribution < -0.4 is 10.2 Å². The molecule has 0 atom stereocenters. The Morgan fingerprint density at radius 1 is 1.62 bits per heavy atom. The summed E-state index contributed by atoms with van der Waals surface area (Å²) in [6, 6.07) is 1.48. The Morgan fingerprint density at radius 2 is 2.38 bits per heavy atom. The Kier molecular flexibility index (Phi) is 4.74. The van der Waals surface area contributed by atoms with Crippen LogP contribution >= 0.6 is 0 Å². The maximum Gasteiger partial charge on any atom is 0.141 e. The summed E-state index contributed by atoms with van der Waals surface area (Å²) in [5.74, 6) is 2.93. The highest BCUT2D eigenvalue weighted by molar-refractivity contribution is 5.47. The number of terminal acetylenes is 1. The first-order chi connectivity index (χ1) is 7.69. The van der Waals surface area contributed by atoms with Crippen molar-refractivity contribution in [3.63, 3.8) is 0 Å². The average molecular weight is 221 g/mol. The molecule has 1 N–H and O–H groups in total. The number of nitrogens with zero attached hydrogens (tertiary/aromatic N) is 2. The van der Waals surface area contributed by atoms with Crippen molar-refractivity contribution in [2.24, 2.45) is 0 Å². The number of anilines is 1. The lowest BCUT2D eigenvalue weighted by molar-refractivity contribution is 0.614. The predicted octanol–water partition coefficient (Wildman–Crippen LogP) is 1.40. The molecule has 0 aromatic carbocycles. The van der Waals surface area contributed by atoms with Gasteiger partial charge in [-0.2, -0.15) is 0 Å². The minimum atomic E-state index is -0.328. The minimum Gasteiger partial charge on any atom is -0.348 e. The van der Waals surface area contributed by atoms with Crippen LogP contribution in [0.15, 0.2) is 12.3 Å². The van der Waals surface area contributed by atoms with Crippen LogP contribution in [0.5, 0.6) is 0 Å². The summed E-state index contributed by atoms with van der Waals surface area (Å²) in [5, 5.41) is 3.14. The van der Waals surface area contributed by atoms with E-state index >= 15 is 0 Å². The van der Waals surface area contributed by atoms with E-state index in [0.29, 0.717) is 13.1 Å². The molecule has 3 nitrogen and oxygen atoms in total. The number of hydrogen-bond acceptors (Lipinski definition) is 3. The van der Waals surface area contributed by atoms with Gasteiger partial charge in [0.1, 0.15) is 11.6 Å². The van der Waals surface area contributed by atoms with Gasteiger partial charge in [-0.25, -0.2) is 9.37 Å². The topological polar surface area (TPSA) is 28.2 Å². The first-order valence-electron chi connectivity index (χ1n) is 5.18. The Balaban J connectivity index is 2.93. The molecule has 16 heavy (non-hydrogen) atoms. The van der Waals surface area contributed by atoms with Crippen molar-refractivity contribution >= 4 is 5.82 Å². The van der Waals surface area contributed by atoms with Crippen molar-refractivity contribution in [3.05, 3.63) is 23.6 Å². The lowest BCUT2D eigenvalue weighted by atomic mass is 10.2. The third kappa shape index (κ3) is 3.21. The van der Waals surface area contributed by atoms with Gasteiger partial charge >= 0.3 is 0 Å². The quantitative estimate of drug-likeness (QED) is 0.762. The Morgan fingerprint density at radius 3 is 3.00 bits per heavy atom. The molecule has 1 heterocycles. The Labute approximate surface area is 95.7 Å². The number of hydrogen-bond donors (Lipinski definition) is 1. The maximum atomic E-state index is 13.1. The van der Waals surface area contributed by atoms with E-state index in [2.05, 4.69) is 16.2 Å². The highest BCUT2D eigenvalue weighted by atomic mass is 19.1. The zero-order valence-corrected chi connectivity index (χ0v) is 9.63. The summed E-state index contributed by atoms with van der Waals surface area (Å²) in [6.45, 7) is 3.87. The number of pyridine rings is 1. The van der Waals surface area contributed by atoms with E-state index in [1.54, 1.807) is 0 Å². The normalized spacial score (nSPS) is 9.88. The fourth-order valence-electron chi connectivity index (χ4n) is 1.42. The van der Waals surface area contributed by atoms with Crippen molar-refractivity contribution in [1.29, 1.82) is 0 Å². The highest BCUT2D eigenvalue weighted by Gasteiger charge is 2.09. The largest absolute Gasteiger partial charge is 0.348 e. The molecule has 0 radical (unpaired) electrons. The monoisotopic (exact) mass is 221 g/mol. The molecule has 0 unspecified atom stereocenters. The minimum absolute atomic E-state index is 0.328. The van der Waals surface area contributed by atoms with Crippen LogP contribution in [0.2, 0.25) is 0 Å². The first kappa shape index (κ1) is 12.5. The lowest BCUT2D eigenvalue weighted by Gasteiger charge is -2.18. The van der Waals surface area contributed by atoms with Gasteiger partial charge in [-0.3, -0.25) is 0 Å². The van der Waals surface area contributed by atoms with E-state index in [9.17, 15) is 4.39 Å². The van der Waals surface area contributed by atoms with Crippen LogP contribution in [0.25, 0.3) is 0 Å². The Hall–Kier alpha value is -1.60. The lowest BCUT2D eigenvalue weighted by Crippen LogP contribution is -2.22. The van der Waals surface area contributed by atoms with Gasteiger partial charge in [-0.1, -0.05) is 12.8 Å². The molecule has 4 heteroatoms. The zero-order chi connectivity index (χ0) is 12.0. The van der Waals surface area contributed by atoms with E-state index in [4.69, 9.17) is 6.42 Å². The van der Waals surface area contributed by atoms with Crippen molar-refractivity contribution in [1.82, 2.24) is 10.3 Å². The fourth-order valence-corrected chi connectivity index (χ4v) is 1.42. The maximum absolute atomic E-state index is 13.1. The average Bonchev–Trinajstić information content (AvgIpc) is 2.26. The second kappa shape index (κ2) is 6.09. The molecular weight excluding hydrogens is 205 g/mol. The van der Waals surface area contributed by atoms with Gasteiger partial charge in [-0.15, -0.1) is 6.42 Å². The van der Waals surface area contributed by atoms with Gasteiger partial charge in [0.15, 0.2) is 0 Å². The van der Waals surface area contributed by atoms with Crippen molar-refractivity contribution in [3.8, 4) is 12.3 Å². The molecule has 0 amide bonds. The van der Waals surface area contributed by atoms with Gasteiger partial charge in [0.2, 0.25) is 0 Å². The first-order valence-corrected chi connectivity index (χ1v) is 5.18. The molecule has 0 aliphatic rings. The van der Waals surface area contributed by atoms with E-state index in [-0.39, 0.29) is 5.82 Å². The third-order valence-corrected chi connectivity index (χ3v) is 2.16. The van der Waals surface area contributed by atoms with Gasteiger partial charge in [0.25, 0.3) is 0 Å². The van der Waals surface area contributed by atoms with Crippen molar-refractivity contribution < 1.29 is 4.39 Å². The van der Waals surface area contributed by atoms with E-state index in [1.165, 1.54) is 12.3 Å². The molecule has 0 saturated heterocycles. The summed E-state index contributed by atoms with van der Waals surface area (Å²) in [6.07, 6.45) is 6.44. The third-order valence-electron chi connectivity index (χ3n) is 2.16. The molecule has 0 saturated carbocycles. The molecule has 0 fully saturated rings. The SMILES string of the molecule is C#CCN(C)c1ncc(F)cc1CNCC. The zero-order valence-electron chi connectivity index (χ0n) is 9.63. The molecule has 86 valence electrons. The number of nitrogens with one attached hydrogen (secondary N) is 1. The van der Waals surface area contributed by atoms with Gasteiger partial charge < -0.3 is 10.2 Å². The number of aromatic nitrogens is 1. The molecule has 0 aliphatic heterocycles. The second-order valence-corrected chi connectivity index (χ2v) is 3.48. The summed E-state index contributed by atoms with van der Waals surface area (Å²) >= 11 is 0. The van der Waals surface area contributed by atoms with Crippen LogP contribution in [0.3, 0.4) is 0 Å². The predicted molar refractivity (Wildman–Crippen MR) is 63.7 cm³/mol. The summed E-state index contributed by atoms with van der Waals surface area (Å²) in [7, 11) is 1.84. The second-order valence-electron chi connectivity index (χ2n) is 3.48. The van der Waals surface area contributed by atoms with Gasteiger partial charge in [0.05, 0.1) is 12.7 Å². The summed E-state index contributed by atoms with van der Waals surface area (Å²) in [4.78, 5) is 5.89. The smallest absolute Gasteiger partial charge is 0.141 e. The van der Waals surface area contributed by atoms with E-state index in [0.717, 1.165) is 17.9 Å². The van der Waals surface area contributed by atoms with Crippen molar-refractivity contribution in [2.45, 2.75) is 13.5 Å². The van der Waals surface area contributed by atoms with Crippen LogP contribution in [0, 0.1) is 18.2 Å². The molecule has 0 bridgehead atoms. The standard InChI is InChI=1S/C12H16FN3/c1-4-6-16(3)12-10(8-14-5-2)7-11(13)9-15-12/h1,7,9,14H,5-6,8H2,2-3H3. The number of rotatable bonds is 5. The molecule has 1 aromatic heterocycles. The molecule has 0 spiro atoms. The van der Waals surface area contributed by atoms with E-state index < -0.39 is 0 Å². The van der Waals surface area contributed by atoms with Gasteiger partial charge in [0, 0.05) is 19.2 Å². The van der Waals surface area contributed by atoms with Crippen LogP contribution in [-0.2, 0) is 6.54 Å². The highest BCUT2D eigenvalue weighted by Crippen LogP contribution is 2.16. The number of halogens is 1. The Bertz CT molecular complexity index is 384. The summed E-state index contributed by atoms with van der Waals surface area (Å²) < 4.78 is 13.1. The van der Waals surface area contributed by atoms with Crippen LogP contribution in [-0.4, -0.2) is 25.1 Å². The van der Waals surface area contributed by atoms with Crippen molar-refractivity contribution in [2.75, 3.05) is 25.0 Å². The molecule has 0 aliphatic carbocycles. The molecule has 1 aromatic rings. The fraction of sp³-hybridized carbons (Fsp3) is 0.417. The summed E-state index contributed by atoms with van der Waals surface area (Å²) in [5.41, 5.74) is 0.819. The molecule has 1 rings (SSSR count). The van der Waals surface area contributed by atoms with Crippen LogP contribution in [0.4, 0.5) is 10.2 Å². The van der Waals surface area contributed by atoms with E-state index in [1.807, 2.05) is 18.9 Å². The van der Waals surface area contributed by atoms with Gasteiger partial charge in [-0.05, 0) is 12.6 Å².